The lowest BCUT2D eigenvalue weighted by Gasteiger charge is -2.23. The van der Waals surface area contributed by atoms with Crippen LogP contribution in [0.3, 0.4) is 0 Å². The van der Waals surface area contributed by atoms with Gasteiger partial charge in [0, 0.05) is 0 Å². The Bertz CT molecular complexity index is 264. The molecule has 0 aliphatic heterocycles. The molecule has 0 amide bonds. The number of phosphoric acid groups is 1. The highest BCUT2D eigenvalue weighted by molar-refractivity contribution is 7.48. The van der Waals surface area contributed by atoms with Crippen LogP contribution in [0.2, 0.25) is 0 Å². The van der Waals surface area contributed by atoms with Crippen LogP contribution >= 0.6 is 7.82 Å². The predicted molar refractivity (Wildman–Crippen MR) is 43.2 cm³/mol. The summed E-state index contributed by atoms with van der Waals surface area (Å²) in [5.74, 6) is 0. The van der Waals surface area contributed by atoms with Crippen molar-refractivity contribution in [2.24, 2.45) is 0 Å². The average molecular weight is 290 g/mol. The van der Waals surface area contributed by atoms with Gasteiger partial charge in [0.15, 0.2) is 13.3 Å². The van der Waals surface area contributed by atoms with E-state index in [0.29, 0.717) is 0 Å². The van der Waals surface area contributed by atoms with E-state index in [2.05, 4.69) is 13.6 Å². The molecule has 17 heavy (non-hydrogen) atoms. The smallest absolute Gasteiger partial charge is 0.287 e. The predicted octanol–water partition coefficient (Wildman–Crippen LogP) is 3.29. The molecule has 0 saturated carbocycles. The van der Waals surface area contributed by atoms with Crippen molar-refractivity contribution in [3.8, 4) is 0 Å². The molecular weight excluding hydrogens is 281 g/mol. The second-order valence-corrected chi connectivity index (χ2v) is 4.11. The molecule has 0 aliphatic rings. The Morgan fingerprint density at radius 3 is 1.59 bits per heavy atom. The van der Waals surface area contributed by atoms with Crippen LogP contribution in [0.4, 0.5) is 26.3 Å². The van der Waals surface area contributed by atoms with Gasteiger partial charge in [-0.05, 0) is 6.92 Å². The molecule has 0 aromatic carbocycles. The van der Waals surface area contributed by atoms with Crippen molar-refractivity contribution in [2.45, 2.75) is 19.1 Å². The van der Waals surface area contributed by atoms with Crippen molar-refractivity contribution >= 4 is 7.82 Å². The average Bonchev–Trinajstić information content (AvgIpc) is 2.16. The van der Waals surface area contributed by atoms with Crippen molar-refractivity contribution < 1.29 is 44.5 Å². The van der Waals surface area contributed by atoms with Crippen LogP contribution in [0, 0.1) is 0 Å². The molecule has 0 fully saturated rings. The van der Waals surface area contributed by atoms with Gasteiger partial charge in [-0.1, -0.05) is 0 Å². The molecule has 0 radical (unpaired) electrons. The van der Waals surface area contributed by atoms with Crippen molar-refractivity contribution in [1.82, 2.24) is 0 Å². The number of alkyl halides is 6. The second kappa shape index (κ2) is 6.03. The van der Waals surface area contributed by atoms with Crippen molar-refractivity contribution in [2.75, 3.05) is 20.0 Å². The zero-order valence-electron chi connectivity index (χ0n) is 8.47. The third kappa shape index (κ3) is 6.25. The molecule has 0 unspecified atom stereocenters. The number of halogens is 6. The van der Waals surface area contributed by atoms with Crippen molar-refractivity contribution in [3.05, 3.63) is 0 Å². The van der Waals surface area contributed by atoms with Crippen LogP contribution in [-0.2, 0) is 18.1 Å². The normalized spacial score (nSPS) is 14.1. The first-order valence-electron chi connectivity index (χ1n) is 4.13. The summed E-state index contributed by atoms with van der Waals surface area (Å²) in [6, 6.07) is 0. The fourth-order valence-corrected chi connectivity index (χ4v) is 1.82. The lowest BCUT2D eigenvalue weighted by Crippen LogP contribution is -2.28. The van der Waals surface area contributed by atoms with Crippen LogP contribution in [0.1, 0.15) is 6.92 Å². The van der Waals surface area contributed by atoms with Crippen LogP contribution in [0.15, 0.2) is 0 Å². The molecule has 104 valence electrons. The largest absolute Gasteiger partial charge is 0.484 e. The number of hydrogen-bond donors (Lipinski definition) is 0. The topological polar surface area (TPSA) is 44.8 Å². The van der Waals surface area contributed by atoms with Gasteiger partial charge in [-0.2, -0.15) is 17.6 Å². The van der Waals surface area contributed by atoms with E-state index in [0.717, 1.165) is 6.92 Å². The molecule has 0 saturated heterocycles. The van der Waals surface area contributed by atoms with E-state index < -0.39 is 40.0 Å². The molecule has 0 bridgehead atoms. The van der Waals surface area contributed by atoms with Gasteiger partial charge < -0.3 is 0 Å². The van der Waals surface area contributed by atoms with Crippen LogP contribution in [-0.4, -0.2) is 32.2 Å². The molecule has 11 heteroatoms. The second-order valence-electron chi connectivity index (χ2n) is 2.59. The molecule has 4 nitrogen and oxygen atoms in total. The molecule has 0 heterocycles. The maximum absolute atomic E-state index is 12.4. The molecule has 0 atom stereocenters. The molecule has 0 aromatic rings. The molecular formula is C6H9F6O4P. The Hall–Kier alpha value is -0.310. The molecule has 0 rings (SSSR count). The highest BCUT2D eigenvalue weighted by Gasteiger charge is 2.49. The van der Waals surface area contributed by atoms with E-state index in [1.807, 2.05) is 0 Å². The third-order valence-corrected chi connectivity index (χ3v) is 2.64. The Labute approximate surface area is 92.4 Å². The summed E-state index contributed by atoms with van der Waals surface area (Å²) >= 11 is 0. The number of rotatable bonds is 8. The van der Waals surface area contributed by atoms with Crippen LogP contribution in [0.25, 0.3) is 0 Å². The van der Waals surface area contributed by atoms with Crippen molar-refractivity contribution in [1.29, 1.82) is 0 Å². The summed E-state index contributed by atoms with van der Waals surface area (Å²) in [5.41, 5.74) is 0. The fourth-order valence-electron chi connectivity index (χ4n) is 0.605. The van der Waals surface area contributed by atoms with E-state index >= 15 is 0 Å². The third-order valence-electron chi connectivity index (χ3n) is 1.09. The van der Waals surface area contributed by atoms with Gasteiger partial charge in [-0.25, -0.2) is 22.4 Å². The quantitative estimate of drug-likeness (QED) is 0.508. The minimum absolute atomic E-state index is 0.609. The number of hydrogen-bond acceptors (Lipinski definition) is 4. The molecule has 0 spiro atoms. The van der Waals surface area contributed by atoms with Gasteiger partial charge >= 0.3 is 20.0 Å². The Morgan fingerprint density at radius 1 is 1.00 bits per heavy atom. The summed E-state index contributed by atoms with van der Waals surface area (Å²) < 4.78 is 94.4. The molecule has 0 aromatic heterocycles. The van der Waals surface area contributed by atoms with Gasteiger partial charge in [0.05, 0.1) is 6.61 Å². The zero-order chi connectivity index (χ0) is 13.7. The van der Waals surface area contributed by atoms with Gasteiger partial charge in [0.2, 0.25) is 0 Å². The maximum atomic E-state index is 12.4. The van der Waals surface area contributed by atoms with Gasteiger partial charge in [0.25, 0.3) is 0 Å². The number of phosphoric ester groups is 1. The van der Waals surface area contributed by atoms with Crippen molar-refractivity contribution in [3.63, 3.8) is 0 Å². The monoisotopic (exact) mass is 290 g/mol. The molecule has 0 aliphatic carbocycles. The SMILES string of the molecule is CCOP(=O)(OC(F)(F)CF)OC(F)(F)CF. The highest BCUT2D eigenvalue weighted by atomic mass is 31.2. The first-order valence-corrected chi connectivity index (χ1v) is 5.59. The lowest BCUT2D eigenvalue weighted by molar-refractivity contribution is -0.235. The summed E-state index contributed by atoms with van der Waals surface area (Å²) in [5, 5.41) is 0. The van der Waals surface area contributed by atoms with Crippen LogP contribution < -0.4 is 0 Å². The minimum Gasteiger partial charge on any atom is -0.287 e. The summed E-state index contributed by atoms with van der Waals surface area (Å²) in [4.78, 5) is 0. The summed E-state index contributed by atoms with van der Waals surface area (Å²) in [6.07, 6.45) is -9.28. The van der Waals surface area contributed by atoms with Crippen LogP contribution in [0.5, 0.6) is 0 Å². The Morgan fingerprint density at radius 2 is 1.35 bits per heavy atom. The van der Waals surface area contributed by atoms with Gasteiger partial charge in [0.1, 0.15) is 0 Å². The Kier molecular flexibility index (Phi) is 5.92. The first kappa shape index (κ1) is 16.7. The lowest BCUT2D eigenvalue weighted by atomic mass is 10.7. The van der Waals surface area contributed by atoms with Gasteiger partial charge in [-0.15, -0.1) is 0 Å². The van der Waals surface area contributed by atoms with E-state index in [1.165, 1.54) is 0 Å². The summed E-state index contributed by atoms with van der Waals surface area (Å²) in [7, 11) is -5.48. The first-order chi connectivity index (χ1) is 7.60. The Balaban J connectivity index is 4.86. The fraction of sp³-hybridized carbons (Fsp3) is 1.00. The highest BCUT2D eigenvalue weighted by Crippen LogP contribution is 2.56. The minimum atomic E-state index is -5.48. The zero-order valence-corrected chi connectivity index (χ0v) is 9.36. The summed E-state index contributed by atoms with van der Waals surface area (Å²) in [6.45, 7) is -4.38. The standard InChI is InChI=1S/C6H9F6O4P/c1-2-14-17(13,15-5(9,10)3-7)16-6(11,12)4-8/h2-4H2,1H3. The van der Waals surface area contributed by atoms with E-state index in [-0.39, 0.29) is 0 Å². The van der Waals surface area contributed by atoms with E-state index in [9.17, 15) is 30.9 Å². The maximum Gasteiger partial charge on any atom is 0.484 e. The molecule has 0 N–H and O–H groups in total. The van der Waals surface area contributed by atoms with E-state index in [4.69, 9.17) is 0 Å². The van der Waals surface area contributed by atoms with Gasteiger partial charge in [-0.3, -0.25) is 4.52 Å². The van der Waals surface area contributed by atoms with E-state index in [1.54, 1.807) is 0 Å².